The zero-order chi connectivity index (χ0) is 10.9. The number of anilines is 1. The molecule has 1 aromatic rings. The molecule has 1 aliphatic rings. The van der Waals surface area contributed by atoms with Crippen LogP contribution in [0.5, 0.6) is 0 Å². The van der Waals surface area contributed by atoms with E-state index in [4.69, 9.17) is 0 Å². The zero-order valence-electron chi connectivity index (χ0n) is 9.75. The van der Waals surface area contributed by atoms with E-state index in [2.05, 4.69) is 42.1 Å². The van der Waals surface area contributed by atoms with Gasteiger partial charge in [0.05, 0.1) is 5.69 Å². The molecule has 3 heteroatoms. The SMILES string of the molecule is CC(C)(C)c1cc(NC2CCC2)ncn1. The first-order valence-corrected chi connectivity index (χ1v) is 5.65. The predicted octanol–water partition coefficient (Wildman–Crippen LogP) is 2.74. The molecule has 1 fully saturated rings. The van der Waals surface area contributed by atoms with Crippen LogP contribution in [0.1, 0.15) is 45.7 Å². The van der Waals surface area contributed by atoms with Crippen molar-refractivity contribution in [1.82, 2.24) is 9.97 Å². The molecule has 0 aliphatic heterocycles. The first-order chi connectivity index (χ1) is 7.05. The average Bonchev–Trinajstić information content (AvgIpc) is 2.11. The molecule has 1 heterocycles. The summed E-state index contributed by atoms with van der Waals surface area (Å²) in [4.78, 5) is 8.56. The second-order valence-electron chi connectivity index (χ2n) is 5.31. The van der Waals surface area contributed by atoms with Crippen LogP contribution in [0.2, 0.25) is 0 Å². The summed E-state index contributed by atoms with van der Waals surface area (Å²) in [5.41, 5.74) is 1.19. The molecule has 0 saturated heterocycles. The van der Waals surface area contributed by atoms with Gasteiger partial charge in [-0.1, -0.05) is 20.8 Å². The van der Waals surface area contributed by atoms with Gasteiger partial charge in [-0.05, 0) is 19.3 Å². The van der Waals surface area contributed by atoms with Gasteiger partial charge in [0.2, 0.25) is 0 Å². The van der Waals surface area contributed by atoms with Crippen LogP contribution in [0.3, 0.4) is 0 Å². The van der Waals surface area contributed by atoms with Crippen molar-refractivity contribution in [1.29, 1.82) is 0 Å². The van der Waals surface area contributed by atoms with Crippen molar-refractivity contribution in [2.75, 3.05) is 5.32 Å². The lowest BCUT2D eigenvalue weighted by Gasteiger charge is -2.27. The molecule has 0 atom stereocenters. The molecule has 3 nitrogen and oxygen atoms in total. The van der Waals surface area contributed by atoms with Gasteiger partial charge in [-0.3, -0.25) is 0 Å². The van der Waals surface area contributed by atoms with E-state index in [0.717, 1.165) is 11.5 Å². The normalized spacial score (nSPS) is 17.3. The number of hydrogen-bond donors (Lipinski definition) is 1. The van der Waals surface area contributed by atoms with E-state index in [0.29, 0.717) is 6.04 Å². The molecule has 82 valence electrons. The monoisotopic (exact) mass is 205 g/mol. The quantitative estimate of drug-likeness (QED) is 0.806. The molecule has 0 amide bonds. The van der Waals surface area contributed by atoms with Crippen molar-refractivity contribution in [3.63, 3.8) is 0 Å². The van der Waals surface area contributed by atoms with Crippen molar-refractivity contribution in [2.45, 2.75) is 51.5 Å². The van der Waals surface area contributed by atoms with E-state index in [9.17, 15) is 0 Å². The lowest BCUT2D eigenvalue weighted by molar-refractivity contribution is 0.444. The van der Waals surface area contributed by atoms with Gasteiger partial charge in [0.1, 0.15) is 12.1 Å². The fourth-order valence-electron chi connectivity index (χ4n) is 1.61. The Balaban J connectivity index is 2.11. The number of nitrogens with one attached hydrogen (secondary N) is 1. The van der Waals surface area contributed by atoms with Crippen LogP contribution in [0.15, 0.2) is 12.4 Å². The third kappa shape index (κ3) is 2.46. The summed E-state index contributed by atoms with van der Waals surface area (Å²) in [7, 11) is 0. The summed E-state index contributed by atoms with van der Waals surface area (Å²) in [5, 5.41) is 3.44. The Morgan fingerprint density at radius 2 is 2.00 bits per heavy atom. The van der Waals surface area contributed by atoms with Gasteiger partial charge in [0.25, 0.3) is 0 Å². The van der Waals surface area contributed by atoms with E-state index >= 15 is 0 Å². The predicted molar refractivity (Wildman–Crippen MR) is 62.0 cm³/mol. The average molecular weight is 205 g/mol. The highest BCUT2D eigenvalue weighted by atomic mass is 15.0. The second kappa shape index (κ2) is 3.80. The standard InChI is InChI=1S/C12H19N3/c1-12(2,3)10-7-11(14-8-13-10)15-9-5-4-6-9/h7-9H,4-6H2,1-3H3,(H,13,14,15). The third-order valence-electron chi connectivity index (χ3n) is 2.89. The fraction of sp³-hybridized carbons (Fsp3) is 0.667. The highest BCUT2D eigenvalue weighted by Crippen LogP contribution is 2.25. The first-order valence-electron chi connectivity index (χ1n) is 5.65. The van der Waals surface area contributed by atoms with E-state index in [1.165, 1.54) is 19.3 Å². The van der Waals surface area contributed by atoms with Crippen LogP contribution in [0, 0.1) is 0 Å². The lowest BCUT2D eigenvalue weighted by Crippen LogP contribution is -2.27. The van der Waals surface area contributed by atoms with Crippen LogP contribution in [-0.4, -0.2) is 16.0 Å². The summed E-state index contributed by atoms with van der Waals surface area (Å²) in [6, 6.07) is 2.70. The van der Waals surface area contributed by atoms with Crippen LogP contribution >= 0.6 is 0 Å². The Hall–Kier alpha value is -1.12. The van der Waals surface area contributed by atoms with Gasteiger partial charge in [0, 0.05) is 17.5 Å². The van der Waals surface area contributed by atoms with Crippen molar-refractivity contribution < 1.29 is 0 Å². The fourth-order valence-corrected chi connectivity index (χ4v) is 1.61. The van der Waals surface area contributed by atoms with E-state index in [1.807, 2.05) is 0 Å². The molecule has 2 rings (SSSR count). The Kier molecular flexibility index (Phi) is 2.63. The highest BCUT2D eigenvalue weighted by Gasteiger charge is 2.19. The summed E-state index contributed by atoms with van der Waals surface area (Å²) in [6.45, 7) is 6.51. The van der Waals surface area contributed by atoms with Crippen LogP contribution < -0.4 is 5.32 Å². The van der Waals surface area contributed by atoms with E-state index in [1.54, 1.807) is 6.33 Å². The molecular weight excluding hydrogens is 186 g/mol. The maximum atomic E-state index is 4.31. The van der Waals surface area contributed by atoms with Gasteiger partial charge >= 0.3 is 0 Å². The van der Waals surface area contributed by atoms with Crippen molar-refractivity contribution in [2.24, 2.45) is 0 Å². The molecule has 1 N–H and O–H groups in total. The summed E-state index contributed by atoms with van der Waals surface area (Å²) < 4.78 is 0. The van der Waals surface area contributed by atoms with Crippen LogP contribution in [0.4, 0.5) is 5.82 Å². The molecule has 1 aliphatic carbocycles. The lowest BCUT2D eigenvalue weighted by atomic mass is 9.91. The molecular formula is C12H19N3. The number of rotatable bonds is 2. The number of aromatic nitrogens is 2. The minimum atomic E-state index is 0.0962. The summed E-state index contributed by atoms with van der Waals surface area (Å²) >= 11 is 0. The maximum absolute atomic E-state index is 4.31. The van der Waals surface area contributed by atoms with Crippen LogP contribution in [0.25, 0.3) is 0 Å². The zero-order valence-corrected chi connectivity index (χ0v) is 9.75. The van der Waals surface area contributed by atoms with Gasteiger partial charge < -0.3 is 5.32 Å². The van der Waals surface area contributed by atoms with Gasteiger partial charge in [0.15, 0.2) is 0 Å². The molecule has 1 aromatic heterocycles. The molecule has 0 radical (unpaired) electrons. The molecule has 0 unspecified atom stereocenters. The highest BCUT2D eigenvalue weighted by molar-refractivity contribution is 5.38. The Morgan fingerprint density at radius 1 is 1.27 bits per heavy atom. The van der Waals surface area contributed by atoms with E-state index in [-0.39, 0.29) is 5.41 Å². The topological polar surface area (TPSA) is 37.8 Å². The summed E-state index contributed by atoms with van der Waals surface area (Å²) in [6.07, 6.45) is 5.54. The molecule has 1 saturated carbocycles. The van der Waals surface area contributed by atoms with Gasteiger partial charge in [-0.2, -0.15) is 0 Å². The minimum Gasteiger partial charge on any atom is -0.367 e. The smallest absolute Gasteiger partial charge is 0.129 e. The molecule has 0 bridgehead atoms. The first kappa shape index (κ1) is 10.4. The van der Waals surface area contributed by atoms with Crippen molar-refractivity contribution >= 4 is 5.82 Å². The maximum Gasteiger partial charge on any atom is 0.129 e. The largest absolute Gasteiger partial charge is 0.367 e. The molecule has 0 aromatic carbocycles. The Bertz CT molecular complexity index is 337. The summed E-state index contributed by atoms with van der Waals surface area (Å²) in [5.74, 6) is 0.972. The van der Waals surface area contributed by atoms with E-state index < -0.39 is 0 Å². The molecule has 0 spiro atoms. The van der Waals surface area contributed by atoms with Crippen molar-refractivity contribution in [3.8, 4) is 0 Å². The van der Waals surface area contributed by atoms with Crippen LogP contribution in [-0.2, 0) is 5.41 Å². The second-order valence-corrected chi connectivity index (χ2v) is 5.31. The van der Waals surface area contributed by atoms with Gasteiger partial charge in [-0.15, -0.1) is 0 Å². The molecule has 15 heavy (non-hydrogen) atoms. The number of hydrogen-bond acceptors (Lipinski definition) is 3. The van der Waals surface area contributed by atoms with Gasteiger partial charge in [-0.25, -0.2) is 9.97 Å². The minimum absolute atomic E-state index is 0.0962. The Morgan fingerprint density at radius 3 is 2.53 bits per heavy atom. The Labute approximate surface area is 91.3 Å². The number of nitrogens with zero attached hydrogens (tertiary/aromatic N) is 2. The van der Waals surface area contributed by atoms with Crippen molar-refractivity contribution in [3.05, 3.63) is 18.1 Å². The third-order valence-corrected chi connectivity index (χ3v) is 2.89.